The summed E-state index contributed by atoms with van der Waals surface area (Å²) in [5, 5.41) is 8.80. The number of carboxylic acid groups (broad SMARTS) is 1. The summed E-state index contributed by atoms with van der Waals surface area (Å²) >= 11 is 1.71. The first-order valence-corrected chi connectivity index (χ1v) is 6.38. The fourth-order valence-corrected chi connectivity index (χ4v) is 2.40. The summed E-state index contributed by atoms with van der Waals surface area (Å²) in [6, 6.07) is 0.573. The van der Waals surface area contributed by atoms with Gasteiger partial charge in [-0.2, -0.15) is 11.8 Å². The van der Waals surface area contributed by atoms with E-state index in [1.807, 2.05) is 6.26 Å². The first kappa shape index (κ1) is 13.8. The minimum Gasteiger partial charge on any atom is -0.481 e. The highest BCUT2D eigenvalue weighted by molar-refractivity contribution is 7.98. The average molecular weight is 219 g/mol. The summed E-state index contributed by atoms with van der Waals surface area (Å²) in [5.41, 5.74) is 0. The monoisotopic (exact) mass is 219 g/mol. The zero-order valence-electron chi connectivity index (χ0n) is 9.49. The van der Waals surface area contributed by atoms with Gasteiger partial charge >= 0.3 is 5.97 Å². The number of carbonyl (C=O) groups is 1. The number of nitrogens with zero attached hydrogens (tertiary/aromatic N) is 1. The van der Waals surface area contributed by atoms with Crippen molar-refractivity contribution in [2.75, 3.05) is 18.6 Å². The third-order valence-corrected chi connectivity index (χ3v) is 2.98. The van der Waals surface area contributed by atoms with Crippen molar-refractivity contribution in [1.82, 2.24) is 4.90 Å². The molecule has 0 fully saturated rings. The molecule has 0 heterocycles. The van der Waals surface area contributed by atoms with Crippen molar-refractivity contribution in [3.63, 3.8) is 0 Å². The second kappa shape index (κ2) is 7.12. The fraction of sp³-hybridized carbons (Fsp3) is 0.900. The number of carboxylic acids is 1. The van der Waals surface area contributed by atoms with Gasteiger partial charge in [-0.05, 0) is 26.6 Å². The number of rotatable bonds is 7. The van der Waals surface area contributed by atoms with Crippen molar-refractivity contribution in [1.29, 1.82) is 0 Å². The van der Waals surface area contributed by atoms with Crippen LogP contribution in [0.4, 0.5) is 0 Å². The van der Waals surface area contributed by atoms with Gasteiger partial charge in [-0.25, -0.2) is 0 Å². The number of thioether (sulfide) groups is 1. The van der Waals surface area contributed by atoms with Crippen LogP contribution < -0.4 is 0 Å². The first-order chi connectivity index (χ1) is 6.52. The molecule has 0 amide bonds. The van der Waals surface area contributed by atoms with Crippen molar-refractivity contribution in [3.8, 4) is 0 Å². The van der Waals surface area contributed by atoms with Gasteiger partial charge in [0.2, 0.25) is 0 Å². The van der Waals surface area contributed by atoms with E-state index in [0.717, 1.165) is 12.3 Å². The summed E-state index contributed by atoms with van der Waals surface area (Å²) in [7, 11) is 0. The molecule has 0 aromatic rings. The van der Waals surface area contributed by atoms with Gasteiger partial charge in [0.25, 0.3) is 0 Å². The zero-order valence-corrected chi connectivity index (χ0v) is 10.3. The largest absolute Gasteiger partial charge is 0.481 e. The topological polar surface area (TPSA) is 40.5 Å². The van der Waals surface area contributed by atoms with Gasteiger partial charge in [0.05, 0.1) is 6.42 Å². The molecule has 84 valence electrons. The Kier molecular flexibility index (Phi) is 7.01. The van der Waals surface area contributed by atoms with Gasteiger partial charge in [-0.3, -0.25) is 9.69 Å². The van der Waals surface area contributed by atoms with Crippen LogP contribution in [-0.4, -0.2) is 46.6 Å². The Morgan fingerprint density at radius 3 is 2.36 bits per heavy atom. The molecule has 4 heteroatoms. The van der Waals surface area contributed by atoms with Gasteiger partial charge < -0.3 is 5.11 Å². The van der Waals surface area contributed by atoms with Crippen molar-refractivity contribution >= 4 is 17.7 Å². The van der Waals surface area contributed by atoms with Crippen LogP contribution in [0.1, 0.15) is 27.2 Å². The van der Waals surface area contributed by atoms with Gasteiger partial charge in [0.1, 0.15) is 0 Å². The van der Waals surface area contributed by atoms with Crippen LogP contribution in [0.2, 0.25) is 0 Å². The minimum absolute atomic E-state index is 0.160. The van der Waals surface area contributed by atoms with Crippen LogP contribution in [0.15, 0.2) is 0 Å². The minimum atomic E-state index is -0.705. The van der Waals surface area contributed by atoms with Gasteiger partial charge in [0.15, 0.2) is 0 Å². The second-order valence-electron chi connectivity index (χ2n) is 3.63. The molecule has 1 unspecified atom stereocenters. The fourth-order valence-electron chi connectivity index (χ4n) is 1.71. The third kappa shape index (κ3) is 4.86. The smallest absolute Gasteiger partial charge is 0.304 e. The highest BCUT2D eigenvalue weighted by atomic mass is 32.2. The van der Waals surface area contributed by atoms with Crippen LogP contribution in [0, 0.1) is 0 Å². The molecule has 0 saturated heterocycles. The van der Waals surface area contributed by atoms with E-state index >= 15 is 0 Å². The zero-order chi connectivity index (χ0) is 11.1. The lowest BCUT2D eigenvalue weighted by atomic mass is 10.1. The molecule has 0 aliphatic rings. The van der Waals surface area contributed by atoms with Crippen LogP contribution in [-0.2, 0) is 4.79 Å². The summed E-state index contributed by atoms with van der Waals surface area (Å²) in [5.74, 6) is 0.182. The third-order valence-electron chi connectivity index (χ3n) is 2.27. The molecule has 0 radical (unpaired) electrons. The lowest BCUT2D eigenvalue weighted by Crippen LogP contribution is -2.43. The molecule has 0 aromatic heterocycles. The molecule has 0 aliphatic carbocycles. The molecule has 3 nitrogen and oxygen atoms in total. The maximum Gasteiger partial charge on any atom is 0.304 e. The molecule has 0 aliphatic heterocycles. The molecule has 0 spiro atoms. The van der Waals surface area contributed by atoms with E-state index in [1.165, 1.54) is 0 Å². The number of hydrogen-bond acceptors (Lipinski definition) is 3. The molecular formula is C10H21NO2S. The average Bonchev–Trinajstić information content (AvgIpc) is 2.03. The Hall–Kier alpha value is -0.220. The lowest BCUT2D eigenvalue weighted by molar-refractivity contribution is -0.138. The van der Waals surface area contributed by atoms with E-state index in [0.29, 0.717) is 6.04 Å². The van der Waals surface area contributed by atoms with Crippen LogP contribution in [0.3, 0.4) is 0 Å². The maximum absolute atomic E-state index is 10.7. The van der Waals surface area contributed by atoms with E-state index in [-0.39, 0.29) is 12.5 Å². The molecule has 0 aromatic carbocycles. The maximum atomic E-state index is 10.7. The van der Waals surface area contributed by atoms with Gasteiger partial charge in [-0.1, -0.05) is 6.92 Å². The predicted molar refractivity (Wildman–Crippen MR) is 61.9 cm³/mol. The van der Waals surface area contributed by atoms with Crippen molar-refractivity contribution in [3.05, 3.63) is 0 Å². The van der Waals surface area contributed by atoms with Crippen LogP contribution >= 0.6 is 11.8 Å². The molecule has 1 N–H and O–H groups in total. The summed E-state index contributed by atoms with van der Waals surface area (Å²) < 4.78 is 0. The lowest BCUT2D eigenvalue weighted by Gasteiger charge is -2.32. The molecule has 14 heavy (non-hydrogen) atoms. The standard InChI is InChI=1S/C10H21NO2S/c1-5-11(8(2)3)9(7-14-4)6-10(12)13/h8-9H,5-7H2,1-4H3,(H,12,13). The van der Waals surface area contributed by atoms with E-state index in [9.17, 15) is 4.79 Å². The Bertz CT molecular complexity index is 174. The van der Waals surface area contributed by atoms with Crippen molar-refractivity contribution in [2.24, 2.45) is 0 Å². The molecule has 0 rings (SSSR count). The number of aliphatic carboxylic acids is 1. The first-order valence-electron chi connectivity index (χ1n) is 4.99. The Morgan fingerprint density at radius 1 is 1.50 bits per heavy atom. The van der Waals surface area contributed by atoms with Gasteiger partial charge in [0, 0.05) is 17.8 Å². The van der Waals surface area contributed by atoms with E-state index in [2.05, 4.69) is 25.7 Å². The summed E-state index contributed by atoms with van der Waals surface area (Å²) in [4.78, 5) is 12.9. The number of hydrogen-bond donors (Lipinski definition) is 1. The van der Waals surface area contributed by atoms with E-state index < -0.39 is 5.97 Å². The second-order valence-corrected chi connectivity index (χ2v) is 4.54. The molecule has 0 bridgehead atoms. The SMILES string of the molecule is CCN(C(C)C)C(CSC)CC(=O)O. The summed E-state index contributed by atoms with van der Waals surface area (Å²) in [6.45, 7) is 7.21. The van der Waals surface area contributed by atoms with Crippen molar-refractivity contribution in [2.45, 2.75) is 39.3 Å². The van der Waals surface area contributed by atoms with E-state index in [1.54, 1.807) is 11.8 Å². The highest BCUT2D eigenvalue weighted by Gasteiger charge is 2.21. The Balaban J connectivity index is 4.34. The molecular weight excluding hydrogens is 198 g/mol. The Labute approximate surface area is 90.9 Å². The van der Waals surface area contributed by atoms with Crippen LogP contribution in [0.25, 0.3) is 0 Å². The quantitative estimate of drug-likeness (QED) is 0.710. The van der Waals surface area contributed by atoms with Gasteiger partial charge in [-0.15, -0.1) is 0 Å². The normalized spacial score (nSPS) is 13.6. The predicted octanol–water partition coefficient (Wildman–Crippen LogP) is 1.92. The highest BCUT2D eigenvalue weighted by Crippen LogP contribution is 2.13. The van der Waals surface area contributed by atoms with Crippen LogP contribution in [0.5, 0.6) is 0 Å². The molecule has 1 atom stereocenters. The summed E-state index contributed by atoms with van der Waals surface area (Å²) in [6.07, 6.45) is 2.26. The van der Waals surface area contributed by atoms with Crippen molar-refractivity contribution < 1.29 is 9.90 Å². The van der Waals surface area contributed by atoms with E-state index in [4.69, 9.17) is 5.11 Å². The Morgan fingerprint density at radius 2 is 2.07 bits per heavy atom. The molecule has 0 saturated carbocycles.